The van der Waals surface area contributed by atoms with Crippen LogP contribution in [0.1, 0.15) is 31.9 Å². The SMILES string of the molecule is Cc1ccc([N+](=O)[O-])cc1NC(=O)Cn1c(-c2ccc(C(C)(C)C)cc2)nc2ccccc21. The number of aromatic nitrogens is 2. The summed E-state index contributed by atoms with van der Waals surface area (Å²) in [6.45, 7) is 8.32. The number of benzene rings is 3. The Hall–Kier alpha value is -4.00. The second-order valence-electron chi connectivity index (χ2n) is 9.14. The summed E-state index contributed by atoms with van der Waals surface area (Å²) >= 11 is 0. The van der Waals surface area contributed by atoms with Gasteiger partial charge in [-0.1, -0.05) is 63.2 Å². The van der Waals surface area contributed by atoms with E-state index in [2.05, 4.69) is 38.2 Å². The van der Waals surface area contributed by atoms with E-state index in [1.165, 1.54) is 17.7 Å². The molecule has 0 fully saturated rings. The van der Waals surface area contributed by atoms with Crippen molar-refractivity contribution in [2.24, 2.45) is 0 Å². The van der Waals surface area contributed by atoms with Crippen LogP contribution in [-0.4, -0.2) is 20.4 Å². The number of nitro benzene ring substituents is 1. The Morgan fingerprint density at radius 3 is 2.42 bits per heavy atom. The van der Waals surface area contributed by atoms with Gasteiger partial charge in [-0.25, -0.2) is 4.98 Å². The maximum atomic E-state index is 13.0. The third kappa shape index (κ3) is 4.62. The summed E-state index contributed by atoms with van der Waals surface area (Å²) in [6.07, 6.45) is 0. The van der Waals surface area contributed by atoms with Crippen LogP contribution in [-0.2, 0) is 16.8 Å². The van der Waals surface area contributed by atoms with E-state index in [1.54, 1.807) is 13.0 Å². The summed E-state index contributed by atoms with van der Waals surface area (Å²) in [5.41, 5.74) is 4.92. The number of nitrogens with one attached hydrogen (secondary N) is 1. The molecule has 0 aliphatic carbocycles. The van der Waals surface area contributed by atoms with Crippen LogP contribution in [0.5, 0.6) is 0 Å². The molecule has 0 saturated heterocycles. The van der Waals surface area contributed by atoms with Crippen LogP contribution in [0.4, 0.5) is 11.4 Å². The first-order valence-electron chi connectivity index (χ1n) is 10.7. The molecule has 0 saturated carbocycles. The van der Waals surface area contributed by atoms with Crippen LogP contribution < -0.4 is 5.32 Å². The zero-order valence-corrected chi connectivity index (χ0v) is 19.1. The highest BCUT2D eigenvalue weighted by Crippen LogP contribution is 2.29. The molecular formula is C26H26N4O3. The Balaban J connectivity index is 1.69. The number of para-hydroxylation sites is 2. The topological polar surface area (TPSA) is 90.1 Å². The minimum absolute atomic E-state index is 0.0268. The van der Waals surface area contributed by atoms with Gasteiger partial charge < -0.3 is 9.88 Å². The van der Waals surface area contributed by atoms with Crippen molar-refractivity contribution in [1.29, 1.82) is 0 Å². The number of aryl methyl sites for hydroxylation is 1. The van der Waals surface area contributed by atoms with E-state index in [0.717, 1.165) is 22.2 Å². The number of imidazole rings is 1. The third-order valence-electron chi connectivity index (χ3n) is 5.67. The Morgan fingerprint density at radius 2 is 1.76 bits per heavy atom. The predicted octanol–water partition coefficient (Wildman–Crippen LogP) is 5.86. The first-order valence-corrected chi connectivity index (χ1v) is 10.7. The number of nitrogens with zero attached hydrogens (tertiary/aromatic N) is 3. The van der Waals surface area contributed by atoms with Crippen molar-refractivity contribution in [2.45, 2.75) is 39.7 Å². The molecule has 3 aromatic carbocycles. The molecule has 0 radical (unpaired) electrons. The van der Waals surface area contributed by atoms with Crippen molar-refractivity contribution < 1.29 is 9.72 Å². The van der Waals surface area contributed by atoms with Gasteiger partial charge in [-0.05, 0) is 35.6 Å². The lowest BCUT2D eigenvalue weighted by Gasteiger charge is -2.19. The number of anilines is 1. The average molecular weight is 443 g/mol. The smallest absolute Gasteiger partial charge is 0.271 e. The number of carbonyl (C=O) groups is 1. The molecule has 1 amide bonds. The van der Waals surface area contributed by atoms with Crippen molar-refractivity contribution in [1.82, 2.24) is 9.55 Å². The number of carbonyl (C=O) groups excluding carboxylic acids is 1. The highest BCUT2D eigenvalue weighted by Gasteiger charge is 2.18. The number of non-ortho nitro benzene ring substituents is 1. The Labute approximate surface area is 192 Å². The molecule has 1 N–H and O–H groups in total. The van der Waals surface area contributed by atoms with Gasteiger partial charge in [-0.15, -0.1) is 0 Å². The van der Waals surface area contributed by atoms with E-state index >= 15 is 0 Å². The number of hydrogen-bond acceptors (Lipinski definition) is 4. The van der Waals surface area contributed by atoms with Crippen LogP contribution in [0.15, 0.2) is 66.7 Å². The van der Waals surface area contributed by atoms with Gasteiger partial charge in [0.2, 0.25) is 5.91 Å². The van der Waals surface area contributed by atoms with Gasteiger partial charge in [0.05, 0.1) is 21.6 Å². The van der Waals surface area contributed by atoms with Crippen molar-refractivity contribution in [3.63, 3.8) is 0 Å². The van der Waals surface area contributed by atoms with E-state index in [-0.39, 0.29) is 23.6 Å². The summed E-state index contributed by atoms with van der Waals surface area (Å²) in [7, 11) is 0. The maximum Gasteiger partial charge on any atom is 0.271 e. The summed E-state index contributed by atoms with van der Waals surface area (Å²) in [6, 6.07) is 20.3. The molecule has 0 bridgehead atoms. The fourth-order valence-electron chi connectivity index (χ4n) is 3.77. The first-order chi connectivity index (χ1) is 15.6. The monoisotopic (exact) mass is 442 g/mol. The second kappa shape index (κ2) is 8.50. The van der Waals surface area contributed by atoms with Crippen LogP contribution in [0.25, 0.3) is 22.4 Å². The zero-order valence-electron chi connectivity index (χ0n) is 19.1. The van der Waals surface area contributed by atoms with E-state index in [1.807, 2.05) is 41.0 Å². The summed E-state index contributed by atoms with van der Waals surface area (Å²) < 4.78 is 1.88. The summed E-state index contributed by atoms with van der Waals surface area (Å²) in [4.78, 5) is 28.4. The van der Waals surface area contributed by atoms with E-state index in [0.29, 0.717) is 11.5 Å². The van der Waals surface area contributed by atoms with Gasteiger partial charge in [0.15, 0.2) is 0 Å². The van der Waals surface area contributed by atoms with Gasteiger partial charge in [0.1, 0.15) is 12.4 Å². The van der Waals surface area contributed by atoms with Gasteiger partial charge >= 0.3 is 0 Å². The van der Waals surface area contributed by atoms with Gasteiger partial charge in [0.25, 0.3) is 5.69 Å². The van der Waals surface area contributed by atoms with Crippen molar-refractivity contribution in [3.05, 3.63) is 88.0 Å². The zero-order chi connectivity index (χ0) is 23.8. The molecule has 0 aliphatic rings. The maximum absolute atomic E-state index is 13.0. The van der Waals surface area contributed by atoms with Gasteiger partial charge in [-0.2, -0.15) is 0 Å². The van der Waals surface area contributed by atoms with Crippen LogP contribution >= 0.6 is 0 Å². The molecule has 33 heavy (non-hydrogen) atoms. The van der Waals surface area contributed by atoms with E-state index in [9.17, 15) is 14.9 Å². The molecule has 168 valence electrons. The largest absolute Gasteiger partial charge is 0.324 e. The first kappa shape index (κ1) is 22.2. The molecule has 0 atom stereocenters. The standard InChI is InChI=1S/C26H26N4O3/c1-17-9-14-20(30(32)33)15-22(17)27-24(31)16-29-23-8-6-5-7-21(23)28-25(29)18-10-12-19(13-11-18)26(2,3)4/h5-15H,16H2,1-4H3,(H,27,31). The Kier molecular flexibility index (Phi) is 5.72. The van der Waals surface area contributed by atoms with Crippen LogP contribution in [0.2, 0.25) is 0 Å². The fourth-order valence-corrected chi connectivity index (χ4v) is 3.77. The molecule has 0 aliphatic heterocycles. The Bertz CT molecular complexity index is 1350. The molecule has 1 aromatic heterocycles. The predicted molar refractivity (Wildman–Crippen MR) is 130 cm³/mol. The normalized spacial score (nSPS) is 11.5. The number of nitro groups is 1. The number of fused-ring (bicyclic) bond motifs is 1. The lowest BCUT2D eigenvalue weighted by atomic mass is 9.87. The van der Waals surface area contributed by atoms with E-state index in [4.69, 9.17) is 4.98 Å². The van der Waals surface area contributed by atoms with Gasteiger partial charge in [0, 0.05) is 17.7 Å². The molecule has 0 unspecified atom stereocenters. The van der Waals surface area contributed by atoms with Crippen LogP contribution in [0.3, 0.4) is 0 Å². The average Bonchev–Trinajstić information content (AvgIpc) is 3.13. The lowest BCUT2D eigenvalue weighted by Crippen LogP contribution is -2.20. The molecular weight excluding hydrogens is 416 g/mol. The second-order valence-corrected chi connectivity index (χ2v) is 9.14. The minimum Gasteiger partial charge on any atom is -0.324 e. The lowest BCUT2D eigenvalue weighted by molar-refractivity contribution is -0.384. The van der Waals surface area contributed by atoms with Crippen LogP contribution in [0, 0.1) is 17.0 Å². The van der Waals surface area contributed by atoms with Crippen molar-refractivity contribution in [3.8, 4) is 11.4 Å². The molecule has 7 nitrogen and oxygen atoms in total. The quantitative estimate of drug-likeness (QED) is 0.310. The molecule has 4 rings (SSSR count). The third-order valence-corrected chi connectivity index (χ3v) is 5.67. The molecule has 0 spiro atoms. The van der Waals surface area contributed by atoms with Crippen molar-refractivity contribution >= 4 is 28.3 Å². The number of hydrogen-bond donors (Lipinski definition) is 1. The highest BCUT2D eigenvalue weighted by molar-refractivity contribution is 5.93. The van der Waals surface area contributed by atoms with E-state index < -0.39 is 4.92 Å². The summed E-state index contributed by atoms with van der Waals surface area (Å²) in [5.74, 6) is 0.414. The Morgan fingerprint density at radius 1 is 1.06 bits per heavy atom. The summed E-state index contributed by atoms with van der Waals surface area (Å²) in [5, 5.41) is 13.9. The molecule has 1 heterocycles. The number of amides is 1. The highest BCUT2D eigenvalue weighted by atomic mass is 16.6. The molecule has 7 heteroatoms. The van der Waals surface area contributed by atoms with Gasteiger partial charge in [-0.3, -0.25) is 14.9 Å². The molecule has 4 aromatic rings. The minimum atomic E-state index is -0.474. The van der Waals surface area contributed by atoms with Crippen molar-refractivity contribution in [2.75, 3.05) is 5.32 Å². The number of rotatable bonds is 5. The fraction of sp³-hybridized carbons (Fsp3) is 0.231.